The molecule has 1 N–H and O–H groups in total. The van der Waals surface area contributed by atoms with E-state index in [0.29, 0.717) is 11.3 Å². The molecule has 0 aliphatic carbocycles. The van der Waals surface area contributed by atoms with Gasteiger partial charge in [-0.05, 0) is 59.5 Å². The Hall–Kier alpha value is -2.73. The van der Waals surface area contributed by atoms with E-state index >= 15 is 0 Å². The van der Waals surface area contributed by atoms with Crippen LogP contribution in [0.15, 0.2) is 73.1 Å². The second-order valence-corrected chi connectivity index (χ2v) is 7.44. The van der Waals surface area contributed by atoms with Gasteiger partial charge < -0.3 is 0 Å². The summed E-state index contributed by atoms with van der Waals surface area (Å²) >= 11 is 0. The molecule has 3 rings (SSSR count). The van der Waals surface area contributed by atoms with Crippen molar-refractivity contribution in [2.45, 2.75) is 12.2 Å². The van der Waals surface area contributed by atoms with Crippen molar-refractivity contribution in [3.8, 4) is 0 Å². The standard InChI is InChI=1S/C19H17FN2O2S/c20-18-5-1-17(2-6-18)14-25(23,24)22-19-7-3-15(4-8-19)13-16-9-11-21-12-10-16/h1-12,22H,13-14H2. The molecule has 0 fully saturated rings. The van der Waals surface area contributed by atoms with Crippen molar-refractivity contribution >= 4 is 15.7 Å². The second-order valence-electron chi connectivity index (χ2n) is 5.72. The van der Waals surface area contributed by atoms with Crippen molar-refractivity contribution in [2.75, 3.05) is 4.72 Å². The van der Waals surface area contributed by atoms with Gasteiger partial charge in [0.2, 0.25) is 10.0 Å². The zero-order chi connectivity index (χ0) is 17.7. The number of nitrogens with one attached hydrogen (secondary N) is 1. The van der Waals surface area contributed by atoms with Gasteiger partial charge in [0.15, 0.2) is 0 Å². The minimum absolute atomic E-state index is 0.202. The van der Waals surface area contributed by atoms with Gasteiger partial charge in [0, 0.05) is 18.1 Å². The summed E-state index contributed by atoms with van der Waals surface area (Å²) in [4.78, 5) is 3.98. The molecule has 6 heteroatoms. The molecule has 4 nitrogen and oxygen atoms in total. The maximum Gasteiger partial charge on any atom is 0.236 e. The topological polar surface area (TPSA) is 59.1 Å². The Morgan fingerprint density at radius 1 is 0.800 bits per heavy atom. The molecule has 128 valence electrons. The lowest BCUT2D eigenvalue weighted by Gasteiger charge is -2.09. The molecule has 0 bridgehead atoms. The Balaban J connectivity index is 1.65. The number of halogens is 1. The lowest BCUT2D eigenvalue weighted by Crippen LogP contribution is -2.15. The number of aromatic nitrogens is 1. The van der Waals surface area contributed by atoms with Crippen LogP contribution in [0.3, 0.4) is 0 Å². The van der Waals surface area contributed by atoms with E-state index in [9.17, 15) is 12.8 Å². The van der Waals surface area contributed by atoms with Crippen molar-refractivity contribution in [2.24, 2.45) is 0 Å². The zero-order valence-corrected chi connectivity index (χ0v) is 14.2. The molecule has 0 spiro atoms. The Kier molecular flexibility index (Phi) is 5.09. The molecule has 1 aromatic heterocycles. The molecular weight excluding hydrogens is 339 g/mol. The van der Waals surface area contributed by atoms with E-state index in [0.717, 1.165) is 17.5 Å². The minimum Gasteiger partial charge on any atom is -0.283 e. The van der Waals surface area contributed by atoms with E-state index in [1.165, 1.54) is 24.3 Å². The molecule has 0 aliphatic heterocycles. The number of sulfonamides is 1. The maximum atomic E-state index is 12.9. The van der Waals surface area contributed by atoms with Crippen LogP contribution in [0.5, 0.6) is 0 Å². The van der Waals surface area contributed by atoms with Crippen molar-refractivity contribution in [3.05, 3.63) is 95.6 Å². The average molecular weight is 356 g/mol. The number of hydrogen-bond donors (Lipinski definition) is 1. The highest BCUT2D eigenvalue weighted by atomic mass is 32.2. The summed E-state index contributed by atoms with van der Waals surface area (Å²) in [5, 5.41) is 0. The van der Waals surface area contributed by atoms with Gasteiger partial charge in [-0.15, -0.1) is 0 Å². The molecule has 2 aromatic carbocycles. The van der Waals surface area contributed by atoms with E-state index < -0.39 is 10.0 Å². The van der Waals surface area contributed by atoms with Crippen LogP contribution in [0.4, 0.5) is 10.1 Å². The lowest BCUT2D eigenvalue weighted by molar-refractivity contribution is 0.600. The molecule has 0 aliphatic rings. The molecule has 0 saturated carbocycles. The fourth-order valence-electron chi connectivity index (χ4n) is 2.44. The number of pyridine rings is 1. The maximum absolute atomic E-state index is 12.9. The van der Waals surface area contributed by atoms with Gasteiger partial charge >= 0.3 is 0 Å². The fourth-order valence-corrected chi connectivity index (χ4v) is 3.64. The summed E-state index contributed by atoms with van der Waals surface area (Å²) in [5.74, 6) is -0.592. The zero-order valence-electron chi connectivity index (χ0n) is 13.4. The van der Waals surface area contributed by atoms with Crippen LogP contribution in [0, 0.1) is 5.82 Å². The van der Waals surface area contributed by atoms with Crippen molar-refractivity contribution < 1.29 is 12.8 Å². The van der Waals surface area contributed by atoms with Gasteiger partial charge in [-0.25, -0.2) is 12.8 Å². The molecule has 0 saturated heterocycles. The van der Waals surface area contributed by atoms with Gasteiger partial charge in [-0.1, -0.05) is 24.3 Å². The highest BCUT2D eigenvalue weighted by molar-refractivity contribution is 7.91. The summed E-state index contributed by atoms with van der Waals surface area (Å²) in [6, 6.07) is 16.6. The summed E-state index contributed by atoms with van der Waals surface area (Å²) in [6.07, 6.45) is 4.24. The molecule has 0 amide bonds. The fraction of sp³-hybridized carbons (Fsp3) is 0.105. The Bertz CT molecular complexity index is 925. The number of anilines is 1. The monoisotopic (exact) mass is 356 g/mol. The van der Waals surface area contributed by atoms with Crippen LogP contribution in [0.25, 0.3) is 0 Å². The number of nitrogens with zero attached hydrogens (tertiary/aromatic N) is 1. The van der Waals surface area contributed by atoms with E-state index in [2.05, 4.69) is 9.71 Å². The smallest absolute Gasteiger partial charge is 0.236 e. The summed E-state index contributed by atoms with van der Waals surface area (Å²) < 4.78 is 39.9. The minimum atomic E-state index is -3.55. The van der Waals surface area contributed by atoms with Crippen molar-refractivity contribution in [3.63, 3.8) is 0 Å². The Labute approximate surface area is 146 Å². The van der Waals surface area contributed by atoms with Gasteiger partial charge in [-0.2, -0.15) is 0 Å². The predicted octanol–water partition coefficient (Wildman–Crippen LogP) is 3.75. The van der Waals surface area contributed by atoms with Crippen LogP contribution in [-0.4, -0.2) is 13.4 Å². The highest BCUT2D eigenvalue weighted by Gasteiger charge is 2.12. The molecular formula is C19H17FN2O2S. The first kappa shape index (κ1) is 17.1. The first-order chi connectivity index (χ1) is 12.0. The molecule has 3 aromatic rings. The third-order valence-electron chi connectivity index (χ3n) is 3.65. The Morgan fingerprint density at radius 2 is 1.36 bits per heavy atom. The van der Waals surface area contributed by atoms with Gasteiger partial charge in [-0.3, -0.25) is 9.71 Å². The molecule has 25 heavy (non-hydrogen) atoms. The summed E-state index contributed by atoms with van der Waals surface area (Å²) in [7, 11) is -3.55. The van der Waals surface area contributed by atoms with Crippen LogP contribution in [-0.2, 0) is 22.2 Å². The van der Waals surface area contributed by atoms with Gasteiger partial charge in [0.1, 0.15) is 5.82 Å². The van der Waals surface area contributed by atoms with Crippen LogP contribution < -0.4 is 4.72 Å². The quantitative estimate of drug-likeness (QED) is 0.732. The number of benzene rings is 2. The third-order valence-corrected chi connectivity index (χ3v) is 4.91. The average Bonchev–Trinajstić information content (AvgIpc) is 2.59. The van der Waals surface area contributed by atoms with Gasteiger partial charge in [0.05, 0.1) is 5.75 Å². The van der Waals surface area contributed by atoms with Crippen molar-refractivity contribution in [1.29, 1.82) is 0 Å². The molecule has 0 unspecified atom stereocenters. The lowest BCUT2D eigenvalue weighted by atomic mass is 10.1. The highest BCUT2D eigenvalue weighted by Crippen LogP contribution is 2.16. The molecule has 0 atom stereocenters. The second kappa shape index (κ2) is 7.44. The van der Waals surface area contributed by atoms with E-state index in [4.69, 9.17) is 0 Å². The SMILES string of the molecule is O=S(=O)(Cc1ccc(F)cc1)Nc1ccc(Cc2ccncc2)cc1. The van der Waals surface area contributed by atoms with E-state index in [1.54, 1.807) is 24.5 Å². The van der Waals surface area contributed by atoms with Crippen molar-refractivity contribution in [1.82, 2.24) is 4.98 Å². The first-order valence-electron chi connectivity index (χ1n) is 7.73. The Morgan fingerprint density at radius 3 is 2.00 bits per heavy atom. The summed E-state index contributed by atoms with van der Waals surface area (Å²) in [5.41, 5.74) is 3.25. The number of rotatable bonds is 6. The predicted molar refractivity (Wildman–Crippen MR) is 96.1 cm³/mol. The number of hydrogen-bond acceptors (Lipinski definition) is 3. The first-order valence-corrected chi connectivity index (χ1v) is 9.38. The van der Waals surface area contributed by atoms with Gasteiger partial charge in [0.25, 0.3) is 0 Å². The summed E-state index contributed by atoms with van der Waals surface area (Å²) in [6.45, 7) is 0. The normalized spacial score (nSPS) is 11.2. The van der Waals surface area contributed by atoms with Crippen LogP contribution >= 0.6 is 0 Å². The molecule has 1 heterocycles. The third kappa shape index (κ3) is 5.12. The van der Waals surface area contributed by atoms with E-state index in [1.807, 2.05) is 24.3 Å². The van der Waals surface area contributed by atoms with Crippen LogP contribution in [0.2, 0.25) is 0 Å². The molecule has 0 radical (unpaired) electrons. The van der Waals surface area contributed by atoms with Crippen LogP contribution in [0.1, 0.15) is 16.7 Å². The largest absolute Gasteiger partial charge is 0.283 e. The van der Waals surface area contributed by atoms with E-state index in [-0.39, 0.29) is 11.6 Å².